The molecular formula is C65H101N3O19. The number of Topliss-reactive ketones (excluding diaryl/α,β-unsaturated/α-hetero) is 1. The third kappa shape index (κ3) is 18.9. The van der Waals surface area contributed by atoms with E-state index in [0.29, 0.717) is 19.5 Å². The van der Waals surface area contributed by atoms with Gasteiger partial charge in [0.15, 0.2) is 30.3 Å². The van der Waals surface area contributed by atoms with E-state index < -0.39 is 145 Å². The molecule has 4 heterocycles. The first-order valence-electron chi connectivity index (χ1n) is 31.0. The highest BCUT2D eigenvalue weighted by Crippen LogP contribution is 2.41. The Balaban J connectivity index is 1.50. The van der Waals surface area contributed by atoms with Crippen molar-refractivity contribution in [3.8, 4) is 0 Å². The summed E-state index contributed by atoms with van der Waals surface area (Å²) >= 11 is 0. The van der Waals surface area contributed by atoms with Crippen LogP contribution in [0.2, 0.25) is 0 Å². The smallest absolute Gasteiger partial charge is 0.408 e. The van der Waals surface area contributed by atoms with E-state index in [-0.39, 0.29) is 62.8 Å². The average molecular weight is 1230 g/mol. The maximum Gasteiger partial charge on any atom is 0.408 e. The minimum Gasteiger partial charge on any atom is -0.461 e. The fraction of sp³-hybridized carbons (Fsp3) is 0.738. The number of amides is 1. The SMILES string of the molecule is CON=C1C[C@@H](C)O[C@@H](O[C@@H]2[C@@H](C)[C@H](O[C@H]3CC(C)N(Cc4cccc(CO)c4)C[C@H](C)O3)[C@@H](C)C(=O)O[C@H]([C@@H](C)CO[C@@H]3O[C@H](C)[C@@H](O)[C@@H](OC)[C@H]3OC)[C@H](C)[C@@H](OC(=O)CC(C)C)[C@@H](C)C(=O)[C@@](C)(OC(=O)NCc3ccccc3)C[C@@H]2C)[C@@H]1O. The molecule has 0 aliphatic carbocycles. The molecule has 0 aromatic heterocycles. The summed E-state index contributed by atoms with van der Waals surface area (Å²) in [7, 11) is 4.28. The molecule has 1 amide bonds. The van der Waals surface area contributed by atoms with Gasteiger partial charge in [-0.25, -0.2) is 4.79 Å². The highest BCUT2D eigenvalue weighted by atomic mass is 16.7. The Kier molecular flexibility index (Phi) is 27.0. The second-order valence-electron chi connectivity index (χ2n) is 25.5. The number of hydrogen-bond acceptors (Lipinski definition) is 21. The van der Waals surface area contributed by atoms with Gasteiger partial charge in [-0.3, -0.25) is 19.3 Å². The zero-order valence-electron chi connectivity index (χ0n) is 54.0. The van der Waals surface area contributed by atoms with Crippen LogP contribution in [0.3, 0.4) is 0 Å². The van der Waals surface area contributed by atoms with Gasteiger partial charge in [-0.15, -0.1) is 0 Å². The first kappa shape index (κ1) is 71.4. The predicted molar refractivity (Wildman–Crippen MR) is 320 cm³/mol. The summed E-state index contributed by atoms with van der Waals surface area (Å²) in [5.74, 6) is -7.66. The van der Waals surface area contributed by atoms with Crippen LogP contribution in [0.4, 0.5) is 4.79 Å². The van der Waals surface area contributed by atoms with E-state index in [4.69, 9.17) is 56.9 Å². The third-order valence-electron chi connectivity index (χ3n) is 17.6. The summed E-state index contributed by atoms with van der Waals surface area (Å²) in [6, 6.07) is 16.9. The van der Waals surface area contributed by atoms with Gasteiger partial charge in [0.1, 0.15) is 43.7 Å². The number of nitrogens with zero attached hydrogens (tertiary/aromatic N) is 2. The number of ketones is 1. The van der Waals surface area contributed by atoms with Gasteiger partial charge in [0.2, 0.25) is 0 Å². The van der Waals surface area contributed by atoms with Crippen molar-refractivity contribution in [1.82, 2.24) is 10.2 Å². The molecule has 0 saturated carbocycles. The number of cyclic esters (lactones) is 1. The maximum atomic E-state index is 16.0. The Hall–Kier alpha value is -4.69. The van der Waals surface area contributed by atoms with E-state index in [2.05, 4.69) is 22.3 Å². The molecule has 1 unspecified atom stereocenters. The lowest BCUT2D eigenvalue weighted by atomic mass is 9.74. The molecule has 4 saturated heterocycles. The molecule has 490 valence electrons. The van der Waals surface area contributed by atoms with Gasteiger partial charge < -0.3 is 77.6 Å². The van der Waals surface area contributed by atoms with Gasteiger partial charge in [0, 0.05) is 76.9 Å². The van der Waals surface area contributed by atoms with Crippen LogP contribution < -0.4 is 5.32 Å². The van der Waals surface area contributed by atoms with E-state index in [0.717, 1.165) is 16.7 Å². The number of benzene rings is 2. The normalized spacial score (nSPS) is 36.9. The van der Waals surface area contributed by atoms with E-state index in [1.54, 1.807) is 34.6 Å². The number of aliphatic hydroxyl groups is 3. The molecule has 0 spiro atoms. The van der Waals surface area contributed by atoms with E-state index in [9.17, 15) is 24.9 Å². The summed E-state index contributed by atoms with van der Waals surface area (Å²) in [4.78, 5) is 67.5. The Morgan fingerprint density at radius 1 is 0.782 bits per heavy atom. The lowest BCUT2D eigenvalue weighted by Crippen LogP contribution is -2.59. The highest BCUT2D eigenvalue weighted by Gasteiger charge is 2.53. The van der Waals surface area contributed by atoms with E-state index in [1.807, 2.05) is 96.1 Å². The van der Waals surface area contributed by atoms with Crippen molar-refractivity contribution >= 4 is 29.5 Å². The molecule has 0 bridgehead atoms. The van der Waals surface area contributed by atoms with Crippen molar-refractivity contribution < 1.29 is 91.4 Å². The van der Waals surface area contributed by atoms with Crippen molar-refractivity contribution in [2.45, 2.75) is 233 Å². The number of aliphatic hydroxyl groups excluding tert-OH is 3. The van der Waals surface area contributed by atoms with Gasteiger partial charge in [-0.2, -0.15) is 0 Å². The van der Waals surface area contributed by atoms with Crippen molar-refractivity contribution in [1.29, 1.82) is 0 Å². The van der Waals surface area contributed by atoms with Crippen molar-refractivity contribution in [2.75, 3.05) is 34.5 Å². The molecule has 6 rings (SSSR count). The number of nitrogens with one attached hydrogen (secondary N) is 1. The number of ether oxygens (including phenoxy) is 11. The summed E-state index contributed by atoms with van der Waals surface area (Å²) in [6.07, 6.45) is -14.2. The number of carbonyl (C=O) groups excluding carboxylic acids is 4. The maximum absolute atomic E-state index is 16.0. The Bertz CT molecular complexity index is 2530. The predicted octanol–water partition coefficient (Wildman–Crippen LogP) is 7.27. The highest BCUT2D eigenvalue weighted by molar-refractivity contribution is 5.91. The minimum absolute atomic E-state index is 0.00528. The third-order valence-corrected chi connectivity index (χ3v) is 17.6. The summed E-state index contributed by atoms with van der Waals surface area (Å²) < 4.78 is 71.1. The zero-order chi connectivity index (χ0) is 64.0. The number of hydrogen-bond donors (Lipinski definition) is 4. The Labute approximate surface area is 514 Å². The Morgan fingerprint density at radius 3 is 2.11 bits per heavy atom. The van der Waals surface area contributed by atoms with Crippen LogP contribution in [0.15, 0.2) is 59.8 Å². The van der Waals surface area contributed by atoms with Crippen LogP contribution in [0.25, 0.3) is 0 Å². The molecule has 2 aromatic carbocycles. The molecule has 87 heavy (non-hydrogen) atoms. The van der Waals surface area contributed by atoms with Crippen molar-refractivity contribution in [3.63, 3.8) is 0 Å². The first-order chi connectivity index (χ1) is 41.2. The van der Waals surface area contributed by atoms with Crippen LogP contribution >= 0.6 is 0 Å². The lowest BCUT2D eigenvalue weighted by Gasteiger charge is -2.45. The Morgan fingerprint density at radius 2 is 1.46 bits per heavy atom. The number of carbonyl (C=O) groups is 4. The monoisotopic (exact) mass is 1230 g/mol. The molecule has 2 aromatic rings. The largest absolute Gasteiger partial charge is 0.461 e. The van der Waals surface area contributed by atoms with Crippen molar-refractivity contribution in [2.24, 2.45) is 46.6 Å². The van der Waals surface area contributed by atoms with Crippen molar-refractivity contribution in [3.05, 3.63) is 71.3 Å². The summed E-state index contributed by atoms with van der Waals surface area (Å²) in [5.41, 5.74) is 0.880. The molecule has 4 N–H and O–H groups in total. The molecular weight excluding hydrogens is 1130 g/mol. The standard InChI is InChI=1S/C65H101N3O19/c1-35(2)25-50(70)83-56-42(9)55(37(4)34-79-63-59(77-15)58(76-14)52(71)45(12)82-63)85-61(74)44(11)57(84-51-26-38(5)68(31-40(7)80-51)32-47-23-20-24-48(28-47)33-69)41(8)54(86-62-53(72)49(67-78-16)27-39(6)81-62)36(3)29-65(13,60(73)43(56)10)87-64(75)66-30-46-21-18-17-19-22-46/h17-24,28,35-45,51-59,62-63,69,71-72H,25-27,29-34H2,1-16H3,(H,66,75)/t36-,37-,38?,39+,40-,41+,42-,43+,44+,45+,51-,52+,53+,54-,55+,56+,57-,58+,59+,62-,63+,65-/m0/s1. The number of oxime groups is 1. The molecule has 22 nitrogen and oxygen atoms in total. The van der Waals surface area contributed by atoms with Crippen LogP contribution in [0.5, 0.6) is 0 Å². The number of esters is 2. The van der Waals surface area contributed by atoms with Crippen LogP contribution in [0, 0.1) is 41.4 Å². The van der Waals surface area contributed by atoms with Crippen LogP contribution in [0.1, 0.15) is 132 Å². The van der Waals surface area contributed by atoms with Crippen LogP contribution in [-0.2, 0) is 91.0 Å². The van der Waals surface area contributed by atoms with E-state index >= 15 is 9.59 Å². The lowest BCUT2D eigenvalue weighted by molar-refractivity contribution is -0.305. The van der Waals surface area contributed by atoms with Gasteiger partial charge in [0.05, 0.1) is 61.3 Å². The molecule has 0 radical (unpaired) electrons. The van der Waals surface area contributed by atoms with Gasteiger partial charge in [-0.1, -0.05) is 108 Å². The van der Waals surface area contributed by atoms with Gasteiger partial charge >= 0.3 is 18.0 Å². The first-order valence-corrected chi connectivity index (χ1v) is 31.0. The fourth-order valence-electron chi connectivity index (χ4n) is 12.9. The van der Waals surface area contributed by atoms with Crippen LogP contribution in [-0.4, -0.2) is 182 Å². The van der Waals surface area contributed by atoms with Gasteiger partial charge in [0.25, 0.3) is 0 Å². The minimum atomic E-state index is -1.99. The topological polar surface area (TPSA) is 267 Å². The number of alkyl carbamates (subject to hydrolysis) is 1. The summed E-state index contributed by atoms with van der Waals surface area (Å²) in [5, 5.41) is 39.8. The number of rotatable bonds is 20. The second kappa shape index (κ2) is 32.9. The average Bonchev–Trinajstić information content (AvgIpc) is 1.37. The number of methoxy groups -OCH3 is 2. The molecule has 22 atom stereocenters. The molecule has 4 fully saturated rings. The van der Waals surface area contributed by atoms with E-state index in [1.165, 1.54) is 28.3 Å². The molecule has 4 aliphatic rings. The zero-order valence-corrected chi connectivity index (χ0v) is 54.0. The molecule has 22 heteroatoms. The molecule has 4 aliphatic heterocycles. The fourth-order valence-corrected chi connectivity index (χ4v) is 12.9. The quantitative estimate of drug-likeness (QED) is 0.0577. The van der Waals surface area contributed by atoms with Gasteiger partial charge in [-0.05, 0) is 76.5 Å². The second-order valence-corrected chi connectivity index (χ2v) is 25.5. The summed E-state index contributed by atoms with van der Waals surface area (Å²) in [6.45, 7) is 24.3.